The molecule has 0 radical (unpaired) electrons. The van der Waals surface area contributed by atoms with E-state index in [1.807, 2.05) is 13.0 Å². The molecule has 1 heterocycles. The number of aliphatic carboxylic acids is 1. The fourth-order valence-electron chi connectivity index (χ4n) is 3.35. The maximum absolute atomic E-state index is 12.2. The first-order valence-corrected chi connectivity index (χ1v) is 10.7. The largest absolute Gasteiger partial charge is 0.481 e. The van der Waals surface area contributed by atoms with Crippen molar-refractivity contribution in [2.45, 2.75) is 45.4 Å². The summed E-state index contributed by atoms with van der Waals surface area (Å²) in [6.45, 7) is 2.54. The molecule has 0 saturated carbocycles. The number of amides is 1. The molecule has 3 aromatic rings. The standard InChI is InChI=1S/C23H26N2O3S/c1-16-20(15-21(26)24-13-6-2-3-12-23(27)28)29-22(25-16)14-18-10-7-9-17-8-4-5-11-19(17)18/h4-5,7-11H,2-3,6,12-15H2,1H3,(H,24,26)(H,27,28). The number of carboxylic acid groups (broad SMARTS) is 1. The lowest BCUT2D eigenvalue weighted by atomic mass is 10.0. The molecule has 6 heteroatoms. The fourth-order valence-corrected chi connectivity index (χ4v) is 4.44. The van der Waals surface area contributed by atoms with Crippen molar-refractivity contribution in [1.29, 1.82) is 0 Å². The van der Waals surface area contributed by atoms with Crippen LogP contribution in [0.15, 0.2) is 42.5 Å². The molecule has 0 aliphatic rings. The van der Waals surface area contributed by atoms with E-state index in [0.29, 0.717) is 19.4 Å². The van der Waals surface area contributed by atoms with E-state index in [-0.39, 0.29) is 12.3 Å². The average Bonchev–Trinajstić information content (AvgIpc) is 3.03. The molecule has 152 valence electrons. The van der Waals surface area contributed by atoms with Crippen molar-refractivity contribution in [2.24, 2.45) is 0 Å². The number of carbonyl (C=O) groups excluding carboxylic acids is 1. The zero-order valence-corrected chi connectivity index (χ0v) is 17.4. The zero-order valence-electron chi connectivity index (χ0n) is 16.6. The Morgan fingerprint density at radius 2 is 1.86 bits per heavy atom. The number of thiazole rings is 1. The molecule has 0 aliphatic heterocycles. The number of nitrogens with one attached hydrogen (secondary N) is 1. The number of carbonyl (C=O) groups is 2. The molecule has 2 aromatic carbocycles. The van der Waals surface area contributed by atoms with Crippen LogP contribution in [0.4, 0.5) is 0 Å². The predicted molar refractivity (Wildman–Crippen MR) is 116 cm³/mol. The third kappa shape index (κ3) is 6.12. The molecule has 0 aliphatic carbocycles. The lowest BCUT2D eigenvalue weighted by Crippen LogP contribution is -2.26. The number of hydrogen-bond acceptors (Lipinski definition) is 4. The van der Waals surface area contributed by atoms with Gasteiger partial charge in [-0.05, 0) is 36.1 Å². The van der Waals surface area contributed by atoms with Gasteiger partial charge in [0, 0.05) is 24.3 Å². The number of aryl methyl sites for hydroxylation is 1. The highest BCUT2D eigenvalue weighted by Crippen LogP contribution is 2.25. The Morgan fingerprint density at radius 1 is 1.07 bits per heavy atom. The van der Waals surface area contributed by atoms with E-state index in [9.17, 15) is 9.59 Å². The zero-order chi connectivity index (χ0) is 20.6. The van der Waals surface area contributed by atoms with E-state index in [1.165, 1.54) is 16.3 Å². The fraction of sp³-hybridized carbons (Fsp3) is 0.348. The third-order valence-corrected chi connectivity index (χ3v) is 6.03. The van der Waals surface area contributed by atoms with E-state index in [2.05, 4.69) is 46.7 Å². The molecule has 5 nitrogen and oxygen atoms in total. The van der Waals surface area contributed by atoms with Crippen molar-refractivity contribution in [3.63, 3.8) is 0 Å². The van der Waals surface area contributed by atoms with Gasteiger partial charge in [0.05, 0.1) is 17.1 Å². The molecule has 1 aromatic heterocycles. The summed E-state index contributed by atoms with van der Waals surface area (Å²) in [5, 5.41) is 15.0. The van der Waals surface area contributed by atoms with Crippen LogP contribution in [-0.2, 0) is 22.4 Å². The summed E-state index contributed by atoms with van der Waals surface area (Å²) in [4.78, 5) is 28.4. The summed E-state index contributed by atoms with van der Waals surface area (Å²) in [6, 6.07) is 14.7. The van der Waals surface area contributed by atoms with Crippen molar-refractivity contribution in [3.05, 3.63) is 63.6 Å². The van der Waals surface area contributed by atoms with Gasteiger partial charge in [-0.2, -0.15) is 0 Å². The maximum Gasteiger partial charge on any atom is 0.303 e. The Kier molecular flexibility index (Phi) is 7.36. The average molecular weight is 411 g/mol. The summed E-state index contributed by atoms with van der Waals surface area (Å²) in [5.74, 6) is -0.777. The smallest absolute Gasteiger partial charge is 0.303 e. The molecule has 0 unspecified atom stereocenters. The van der Waals surface area contributed by atoms with Crippen LogP contribution < -0.4 is 5.32 Å². The Balaban J connectivity index is 1.53. The minimum atomic E-state index is -0.769. The van der Waals surface area contributed by atoms with Crippen LogP contribution in [0.25, 0.3) is 10.8 Å². The number of aromatic nitrogens is 1. The molecular weight excluding hydrogens is 384 g/mol. The molecule has 0 atom stereocenters. The van der Waals surface area contributed by atoms with Crippen LogP contribution in [0.2, 0.25) is 0 Å². The van der Waals surface area contributed by atoms with Crippen LogP contribution in [-0.4, -0.2) is 28.5 Å². The number of unbranched alkanes of at least 4 members (excludes halogenated alkanes) is 2. The van der Waals surface area contributed by atoms with Gasteiger partial charge in [0.25, 0.3) is 0 Å². The van der Waals surface area contributed by atoms with Crippen molar-refractivity contribution < 1.29 is 14.7 Å². The number of fused-ring (bicyclic) bond motifs is 1. The van der Waals surface area contributed by atoms with Crippen molar-refractivity contribution in [2.75, 3.05) is 6.54 Å². The number of carboxylic acids is 1. The molecule has 0 spiro atoms. The minimum absolute atomic E-state index is 0.00769. The third-order valence-electron chi connectivity index (χ3n) is 4.87. The molecule has 29 heavy (non-hydrogen) atoms. The number of benzene rings is 2. The van der Waals surface area contributed by atoms with Crippen LogP contribution >= 0.6 is 11.3 Å². The van der Waals surface area contributed by atoms with E-state index >= 15 is 0 Å². The second kappa shape index (κ2) is 10.2. The SMILES string of the molecule is Cc1nc(Cc2cccc3ccccc23)sc1CC(=O)NCCCCCC(=O)O. The molecular formula is C23H26N2O3S. The number of hydrogen-bond donors (Lipinski definition) is 2. The van der Waals surface area contributed by atoms with Crippen LogP contribution in [0.5, 0.6) is 0 Å². The lowest BCUT2D eigenvalue weighted by Gasteiger charge is -2.04. The quantitative estimate of drug-likeness (QED) is 0.482. The normalized spacial score (nSPS) is 10.9. The summed E-state index contributed by atoms with van der Waals surface area (Å²) < 4.78 is 0. The van der Waals surface area contributed by atoms with Gasteiger partial charge >= 0.3 is 5.97 Å². The number of rotatable bonds is 10. The second-order valence-electron chi connectivity index (χ2n) is 7.16. The van der Waals surface area contributed by atoms with Gasteiger partial charge in [0.1, 0.15) is 0 Å². The van der Waals surface area contributed by atoms with E-state index in [1.54, 1.807) is 11.3 Å². The van der Waals surface area contributed by atoms with Crippen molar-refractivity contribution in [3.8, 4) is 0 Å². The highest BCUT2D eigenvalue weighted by Gasteiger charge is 2.13. The Hall–Kier alpha value is -2.73. The Morgan fingerprint density at radius 3 is 2.69 bits per heavy atom. The van der Waals surface area contributed by atoms with Gasteiger partial charge in [-0.15, -0.1) is 11.3 Å². The summed E-state index contributed by atoms with van der Waals surface area (Å²) >= 11 is 1.60. The topological polar surface area (TPSA) is 79.3 Å². The highest BCUT2D eigenvalue weighted by molar-refractivity contribution is 7.11. The summed E-state index contributed by atoms with van der Waals surface area (Å²) in [5.41, 5.74) is 2.16. The minimum Gasteiger partial charge on any atom is -0.481 e. The molecule has 1 amide bonds. The first-order valence-electron chi connectivity index (χ1n) is 9.93. The monoisotopic (exact) mass is 410 g/mol. The van der Waals surface area contributed by atoms with Crippen molar-refractivity contribution in [1.82, 2.24) is 10.3 Å². The first kappa shape index (κ1) is 21.0. The van der Waals surface area contributed by atoms with Gasteiger partial charge in [-0.3, -0.25) is 9.59 Å². The van der Waals surface area contributed by atoms with Gasteiger partial charge < -0.3 is 10.4 Å². The van der Waals surface area contributed by atoms with Crippen LogP contribution in [0, 0.1) is 6.92 Å². The lowest BCUT2D eigenvalue weighted by molar-refractivity contribution is -0.137. The predicted octanol–water partition coefficient (Wildman–Crippen LogP) is 4.50. The van der Waals surface area contributed by atoms with Crippen LogP contribution in [0.1, 0.15) is 46.8 Å². The molecule has 0 fully saturated rings. The second-order valence-corrected chi connectivity index (χ2v) is 8.33. The number of nitrogens with zero attached hydrogens (tertiary/aromatic N) is 1. The molecule has 0 bridgehead atoms. The van der Waals surface area contributed by atoms with Gasteiger partial charge in [-0.1, -0.05) is 48.9 Å². The maximum atomic E-state index is 12.2. The van der Waals surface area contributed by atoms with Crippen LogP contribution in [0.3, 0.4) is 0 Å². The molecule has 2 N–H and O–H groups in total. The van der Waals surface area contributed by atoms with Gasteiger partial charge in [-0.25, -0.2) is 4.98 Å². The highest BCUT2D eigenvalue weighted by atomic mass is 32.1. The molecule has 3 rings (SSSR count). The van der Waals surface area contributed by atoms with E-state index in [0.717, 1.165) is 34.8 Å². The van der Waals surface area contributed by atoms with Gasteiger partial charge in [0.2, 0.25) is 5.91 Å². The summed E-state index contributed by atoms with van der Waals surface area (Å²) in [7, 11) is 0. The van der Waals surface area contributed by atoms with Crippen molar-refractivity contribution >= 4 is 34.0 Å². The first-order chi connectivity index (χ1) is 14.0. The summed E-state index contributed by atoms with van der Waals surface area (Å²) in [6.07, 6.45) is 3.55. The van der Waals surface area contributed by atoms with E-state index in [4.69, 9.17) is 5.11 Å². The van der Waals surface area contributed by atoms with Gasteiger partial charge in [0.15, 0.2) is 0 Å². The Labute approximate surface area is 174 Å². The van der Waals surface area contributed by atoms with E-state index < -0.39 is 5.97 Å². The Bertz CT molecular complexity index is 991. The molecule has 0 saturated heterocycles.